The summed E-state index contributed by atoms with van der Waals surface area (Å²) >= 11 is 5.52. The van der Waals surface area contributed by atoms with E-state index in [4.69, 9.17) is 22.4 Å². The Kier molecular flexibility index (Phi) is 3.26. The molecule has 0 aliphatic carbocycles. The van der Waals surface area contributed by atoms with E-state index in [1.807, 2.05) is 0 Å². The number of hydrogen-bond acceptors (Lipinski definition) is 3. The van der Waals surface area contributed by atoms with Crippen LogP contribution in [0.15, 0.2) is 12.3 Å². The molecule has 1 amide bonds. The number of carboxylic acid groups (broad SMARTS) is 1. The topological polar surface area (TPSA) is 93.3 Å². The lowest BCUT2D eigenvalue weighted by Crippen LogP contribution is -2.06. The molecule has 0 aliphatic heterocycles. The zero-order chi connectivity index (χ0) is 11.4. The fourth-order valence-electron chi connectivity index (χ4n) is 0.800. The van der Waals surface area contributed by atoms with Gasteiger partial charge in [-0.1, -0.05) is 17.5 Å². The van der Waals surface area contributed by atoms with Crippen molar-refractivity contribution in [2.75, 3.05) is 0 Å². The number of pyridine rings is 1. The van der Waals surface area contributed by atoms with Gasteiger partial charge in [-0.2, -0.15) is 0 Å². The second kappa shape index (κ2) is 4.44. The van der Waals surface area contributed by atoms with Crippen LogP contribution in [0.1, 0.15) is 15.9 Å². The van der Waals surface area contributed by atoms with Gasteiger partial charge in [0.2, 0.25) is 0 Å². The lowest BCUT2D eigenvalue weighted by atomic mass is 10.2. The molecule has 5 nitrogen and oxygen atoms in total. The van der Waals surface area contributed by atoms with Crippen LogP contribution < -0.4 is 5.73 Å². The third kappa shape index (κ3) is 2.97. The van der Waals surface area contributed by atoms with Gasteiger partial charge in [-0.15, -0.1) is 0 Å². The van der Waals surface area contributed by atoms with Crippen LogP contribution in [-0.4, -0.2) is 22.0 Å². The van der Waals surface area contributed by atoms with Gasteiger partial charge in [0.05, 0.1) is 5.56 Å². The molecule has 1 aromatic heterocycles. The maximum absolute atomic E-state index is 10.6. The van der Waals surface area contributed by atoms with Gasteiger partial charge < -0.3 is 10.8 Å². The summed E-state index contributed by atoms with van der Waals surface area (Å²) in [4.78, 5) is 24.6. The number of aromatic carboxylic acids is 1. The summed E-state index contributed by atoms with van der Waals surface area (Å²) in [6.07, 6.45) is 1.25. The van der Waals surface area contributed by atoms with Crippen molar-refractivity contribution in [2.24, 2.45) is 5.73 Å². The maximum Gasteiger partial charge on any atom is 0.338 e. The summed E-state index contributed by atoms with van der Waals surface area (Å²) in [7, 11) is 0. The summed E-state index contributed by atoms with van der Waals surface area (Å²) < 4.78 is 0. The average Bonchev–Trinajstić information content (AvgIpc) is 2.16. The Hall–Kier alpha value is -2.06. The molecule has 0 saturated carbocycles. The summed E-state index contributed by atoms with van der Waals surface area (Å²) in [5.74, 6) is 2.40. The first-order valence-corrected chi connectivity index (χ1v) is 4.09. The van der Waals surface area contributed by atoms with Crippen molar-refractivity contribution in [3.05, 3.63) is 28.5 Å². The monoisotopic (exact) mass is 224 g/mol. The van der Waals surface area contributed by atoms with Gasteiger partial charge >= 0.3 is 5.97 Å². The van der Waals surface area contributed by atoms with Crippen molar-refractivity contribution >= 4 is 23.5 Å². The molecule has 3 N–H and O–H groups in total. The zero-order valence-corrected chi connectivity index (χ0v) is 8.08. The van der Waals surface area contributed by atoms with Crippen LogP contribution in [0.4, 0.5) is 0 Å². The highest BCUT2D eigenvalue weighted by atomic mass is 35.5. The Bertz CT molecular complexity index is 488. The van der Waals surface area contributed by atoms with E-state index < -0.39 is 11.9 Å². The van der Waals surface area contributed by atoms with Crippen LogP contribution in [-0.2, 0) is 4.79 Å². The first-order valence-electron chi connectivity index (χ1n) is 3.71. The largest absolute Gasteiger partial charge is 0.478 e. The molecule has 0 bridgehead atoms. The number of rotatable bonds is 1. The highest BCUT2D eigenvalue weighted by Gasteiger charge is 2.09. The Morgan fingerprint density at radius 3 is 2.73 bits per heavy atom. The number of aromatic nitrogens is 1. The van der Waals surface area contributed by atoms with Crippen molar-refractivity contribution in [1.82, 2.24) is 4.98 Å². The van der Waals surface area contributed by atoms with Crippen molar-refractivity contribution in [3.8, 4) is 11.8 Å². The molecule has 6 heteroatoms. The fourth-order valence-corrected chi connectivity index (χ4v) is 0.984. The van der Waals surface area contributed by atoms with Crippen LogP contribution in [0.2, 0.25) is 5.15 Å². The minimum atomic E-state index is -1.21. The minimum Gasteiger partial charge on any atom is -0.478 e. The normalized spacial score (nSPS) is 8.87. The number of nitrogens with zero attached hydrogens (tertiary/aromatic N) is 1. The summed E-state index contributed by atoms with van der Waals surface area (Å²) in [5, 5.41) is 8.57. The molecule has 1 rings (SSSR count). The van der Waals surface area contributed by atoms with Crippen molar-refractivity contribution in [2.45, 2.75) is 0 Å². The van der Waals surface area contributed by atoms with Crippen molar-refractivity contribution in [1.29, 1.82) is 0 Å². The third-order valence-corrected chi connectivity index (χ3v) is 1.70. The molecule has 0 atom stereocenters. The van der Waals surface area contributed by atoms with E-state index in [-0.39, 0.29) is 16.3 Å². The van der Waals surface area contributed by atoms with Gasteiger partial charge in [-0.3, -0.25) is 4.79 Å². The Morgan fingerprint density at radius 1 is 1.53 bits per heavy atom. The van der Waals surface area contributed by atoms with Crippen LogP contribution in [0.3, 0.4) is 0 Å². The van der Waals surface area contributed by atoms with Gasteiger partial charge in [0.25, 0.3) is 5.91 Å². The van der Waals surface area contributed by atoms with E-state index in [2.05, 4.69) is 16.8 Å². The second-order valence-corrected chi connectivity index (χ2v) is 2.84. The Labute approximate surface area is 89.9 Å². The van der Waals surface area contributed by atoms with E-state index >= 15 is 0 Å². The Morgan fingerprint density at radius 2 is 2.20 bits per heavy atom. The van der Waals surface area contributed by atoms with Crippen LogP contribution in [0, 0.1) is 11.8 Å². The zero-order valence-electron chi connectivity index (χ0n) is 7.32. The number of primary amides is 1. The van der Waals surface area contributed by atoms with Gasteiger partial charge in [-0.25, -0.2) is 9.78 Å². The van der Waals surface area contributed by atoms with E-state index in [1.54, 1.807) is 0 Å². The van der Waals surface area contributed by atoms with Crippen molar-refractivity contribution < 1.29 is 14.7 Å². The van der Waals surface area contributed by atoms with Gasteiger partial charge in [0.15, 0.2) is 0 Å². The Balaban J connectivity index is 3.15. The standard InChI is InChI=1S/C9H5ClN2O3/c10-8-6(9(14)15)3-5(4-12-8)1-2-7(11)13/h3-4H,(H2,11,13)(H,14,15). The molecule has 1 heterocycles. The highest BCUT2D eigenvalue weighted by Crippen LogP contribution is 2.13. The predicted molar refractivity (Wildman–Crippen MR) is 52.3 cm³/mol. The molecular weight excluding hydrogens is 220 g/mol. The maximum atomic E-state index is 10.6. The summed E-state index contributed by atoms with van der Waals surface area (Å²) in [6, 6.07) is 1.22. The molecular formula is C9H5ClN2O3. The van der Waals surface area contributed by atoms with E-state index in [1.165, 1.54) is 12.3 Å². The van der Waals surface area contributed by atoms with Crippen molar-refractivity contribution in [3.63, 3.8) is 0 Å². The molecule has 0 fully saturated rings. The third-order valence-electron chi connectivity index (χ3n) is 1.40. The molecule has 0 aromatic carbocycles. The van der Waals surface area contributed by atoms with E-state index in [9.17, 15) is 9.59 Å². The number of amides is 1. The van der Waals surface area contributed by atoms with E-state index in [0.29, 0.717) is 0 Å². The SMILES string of the molecule is NC(=O)C#Cc1cnc(Cl)c(C(=O)O)c1. The van der Waals surface area contributed by atoms with E-state index in [0.717, 1.165) is 0 Å². The molecule has 0 aliphatic rings. The van der Waals surface area contributed by atoms with Crippen LogP contribution in [0.5, 0.6) is 0 Å². The summed E-state index contributed by atoms with van der Waals surface area (Å²) in [5.41, 5.74) is 4.88. The molecule has 0 radical (unpaired) electrons. The number of hydrogen-bond donors (Lipinski definition) is 2. The van der Waals surface area contributed by atoms with Crippen LogP contribution in [0.25, 0.3) is 0 Å². The molecule has 0 spiro atoms. The van der Waals surface area contributed by atoms with Gasteiger partial charge in [0.1, 0.15) is 5.15 Å². The summed E-state index contributed by atoms with van der Waals surface area (Å²) in [6.45, 7) is 0. The predicted octanol–water partition coefficient (Wildman–Crippen LogP) is 0.270. The average molecular weight is 225 g/mol. The number of halogens is 1. The van der Waals surface area contributed by atoms with Gasteiger partial charge in [-0.05, 0) is 6.07 Å². The highest BCUT2D eigenvalue weighted by molar-refractivity contribution is 6.32. The first kappa shape index (κ1) is 11.0. The number of carboxylic acids is 1. The number of carbonyl (C=O) groups excluding carboxylic acids is 1. The van der Waals surface area contributed by atoms with Crippen LogP contribution >= 0.6 is 11.6 Å². The molecule has 76 valence electrons. The first-order chi connectivity index (χ1) is 7.00. The molecule has 1 aromatic rings. The molecule has 0 saturated heterocycles. The fraction of sp³-hybridized carbons (Fsp3) is 0. The number of carbonyl (C=O) groups is 2. The second-order valence-electron chi connectivity index (χ2n) is 2.48. The molecule has 0 unspecified atom stereocenters. The number of nitrogens with two attached hydrogens (primary N) is 1. The molecule has 15 heavy (non-hydrogen) atoms. The quantitative estimate of drug-likeness (QED) is 0.529. The minimum absolute atomic E-state index is 0.132. The lowest BCUT2D eigenvalue weighted by molar-refractivity contribution is -0.112. The lowest BCUT2D eigenvalue weighted by Gasteiger charge is -1.97. The smallest absolute Gasteiger partial charge is 0.338 e. The van der Waals surface area contributed by atoms with Gasteiger partial charge in [0, 0.05) is 17.7 Å².